The second-order valence-electron chi connectivity index (χ2n) is 8.86. The maximum Gasteiger partial charge on any atom is 0.269 e. The predicted octanol–water partition coefficient (Wildman–Crippen LogP) is 3.23. The van der Waals surface area contributed by atoms with Crippen LogP contribution in [0.1, 0.15) is 56.5 Å². The highest BCUT2D eigenvalue weighted by atomic mass is 16.5. The van der Waals surface area contributed by atoms with Crippen LogP contribution in [0.3, 0.4) is 0 Å². The minimum absolute atomic E-state index is 0.0169. The molecule has 0 spiro atoms. The molecule has 1 aliphatic heterocycles. The van der Waals surface area contributed by atoms with Gasteiger partial charge in [-0.2, -0.15) is 0 Å². The van der Waals surface area contributed by atoms with Crippen molar-refractivity contribution in [3.05, 3.63) is 82.7 Å². The van der Waals surface area contributed by atoms with Crippen LogP contribution in [0.15, 0.2) is 48.7 Å². The molecule has 1 saturated heterocycles. The number of nitrogens with one attached hydrogen (secondary N) is 1. The minimum Gasteiger partial charge on any atom is -0.496 e. The highest BCUT2D eigenvalue weighted by molar-refractivity contribution is 5.94. The lowest BCUT2D eigenvalue weighted by molar-refractivity contribution is 0.0672. The van der Waals surface area contributed by atoms with Crippen LogP contribution in [0.5, 0.6) is 5.75 Å². The molecule has 3 aromatic rings. The summed E-state index contributed by atoms with van der Waals surface area (Å²) in [6.45, 7) is 3.17. The Morgan fingerprint density at radius 1 is 1.14 bits per heavy atom. The van der Waals surface area contributed by atoms with Crippen LogP contribution in [0, 0.1) is 12.8 Å². The molecular formula is C27H31N5O3. The Morgan fingerprint density at radius 2 is 1.97 bits per heavy atom. The molecule has 0 saturated carbocycles. The third-order valence-corrected chi connectivity index (χ3v) is 6.28. The van der Waals surface area contributed by atoms with Crippen LogP contribution in [0.25, 0.3) is 0 Å². The lowest BCUT2D eigenvalue weighted by Gasteiger charge is -2.33. The number of hydrogen-bond acceptors (Lipinski definition) is 6. The average molecular weight is 474 g/mol. The second kappa shape index (κ2) is 11.1. The number of aryl methyl sites for hydroxylation is 1. The Kier molecular flexibility index (Phi) is 7.70. The number of hydrogen-bond donors (Lipinski definition) is 1. The van der Waals surface area contributed by atoms with Crippen molar-refractivity contribution in [1.82, 2.24) is 25.2 Å². The number of rotatable bonds is 7. The summed E-state index contributed by atoms with van der Waals surface area (Å²) >= 11 is 0. The molecule has 1 atom stereocenters. The highest BCUT2D eigenvalue weighted by Gasteiger charge is 2.26. The first-order valence-electron chi connectivity index (χ1n) is 11.9. The summed E-state index contributed by atoms with van der Waals surface area (Å²) in [5.74, 6) is 1.45. The molecule has 1 aliphatic rings. The van der Waals surface area contributed by atoms with E-state index in [1.807, 2.05) is 35.2 Å². The molecule has 1 fully saturated rings. The van der Waals surface area contributed by atoms with Crippen molar-refractivity contribution in [3.63, 3.8) is 0 Å². The quantitative estimate of drug-likeness (QED) is 0.566. The summed E-state index contributed by atoms with van der Waals surface area (Å²) in [4.78, 5) is 40.5. The van der Waals surface area contributed by atoms with Gasteiger partial charge in [0.1, 0.15) is 17.3 Å². The molecule has 1 aromatic carbocycles. The fourth-order valence-electron chi connectivity index (χ4n) is 4.62. The van der Waals surface area contributed by atoms with Gasteiger partial charge >= 0.3 is 0 Å². The molecule has 8 heteroatoms. The van der Waals surface area contributed by atoms with Crippen molar-refractivity contribution in [3.8, 4) is 5.75 Å². The van der Waals surface area contributed by atoms with E-state index in [-0.39, 0.29) is 17.7 Å². The second-order valence-corrected chi connectivity index (χ2v) is 8.86. The Balaban J connectivity index is 1.45. The lowest BCUT2D eigenvalue weighted by Crippen LogP contribution is -2.40. The van der Waals surface area contributed by atoms with E-state index in [1.54, 1.807) is 39.4 Å². The first kappa shape index (κ1) is 24.3. The van der Waals surface area contributed by atoms with E-state index in [0.717, 1.165) is 42.1 Å². The number of methoxy groups -OCH3 is 1. The highest BCUT2D eigenvalue weighted by Crippen LogP contribution is 2.24. The van der Waals surface area contributed by atoms with Gasteiger partial charge in [0.15, 0.2) is 0 Å². The fraction of sp³-hybridized carbons (Fsp3) is 0.370. The molecule has 2 amide bonds. The number of aromatic nitrogens is 3. The molecule has 182 valence electrons. The number of nitrogens with zero attached hydrogens (tertiary/aromatic N) is 4. The third kappa shape index (κ3) is 6.01. The molecule has 0 radical (unpaired) electrons. The fourth-order valence-corrected chi connectivity index (χ4v) is 4.62. The summed E-state index contributed by atoms with van der Waals surface area (Å²) in [5, 5.41) is 2.61. The van der Waals surface area contributed by atoms with Gasteiger partial charge in [0.25, 0.3) is 11.8 Å². The van der Waals surface area contributed by atoms with Crippen LogP contribution in [0.4, 0.5) is 0 Å². The topological polar surface area (TPSA) is 97.3 Å². The zero-order valence-electron chi connectivity index (χ0n) is 20.5. The van der Waals surface area contributed by atoms with Gasteiger partial charge in [-0.05, 0) is 56.4 Å². The minimum atomic E-state index is -0.223. The molecule has 0 bridgehead atoms. The molecule has 0 aliphatic carbocycles. The van der Waals surface area contributed by atoms with E-state index in [1.165, 1.54) is 0 Å². The van der Waals surface area contributed by atoms with Crippen LogP contribution in [-0.4, -0.2) is 58.9 Å². The van der Waals surface area contributed by atoms with Gasteiger partial charge in [-0.25, -0.2) is 9.97 Å². The Hall–Kier alpha value is -3.81. The monoisotopic (exact) mass is 473 g/mol. The number of carbonyl (C=O) groups excluding carboxylic acids is 2. The van der Waals surface area contributed by atoms with Crippen LogP contribution >= 0.6 is 0 Å². The summed E-state index contributed by atoms with van der Waals surface area (Å²) in [7, 11) is 3.24. The average Bonchev–Trinajstić information content (AvgIpc) is 2.88. The van der Waals surface area contributed by atoms with Crippen LogP contribution in [0.2, 0.25) is 0 Å². The van der Waals surface area contributed by atoms with Crippen molar-refractivity contribution >= 4 is 11.8 Å². The molecular weight excluding hydrogens is 442 g/mol. The van der Waals surface area contributed by atoms with E-state index in [0.29, 0.717) is 36.5 Å². The molecule has 1 N–H and O–H groups in total. The van der Waals surface area contributed by atoms with Crippen LogP contribution in [-0.2, 0) is 12.8 Å². The summed E-state index contributed by atoms with van der Waals surface area (Å²) in [6, 6.07) is 13.2. The molecule has 0 unspecified atom stereocenters. The zero-order chi connectivity index (χ0) is 24.8. The molecule has 4 rings (SSSR count). The largest absolute Gasteiger partial charge is 0.496 e. The van der Waals surface area contributed by atoms with E-state index >= 15 is 0 Å². The number of pyridine rings is 1. The summed E-state index contributed by atoms with van der Waals surface area (Å²) in [5.41, 5.74) is 3.70. The first-order valence-corrected chi connectivity index (χ1v) is 11.9. The van der Waals surface area contributed by atoms with Crippen molar-refractivity contribution in [2.24, 2.45) is 5.92 Å². The number of amides is 2. The standard InChI is InChI=1S/C27H31N5O3/c1-18-30-23(16-24(31-18)26(33)28-2)13-19-7-6-12-32(17-19)27(34)21-10-11-29-22(15-21)14-20-8-4-5-9-25(20)35-3/h4-5,8-11,15-16,19H,6-7,12-14,17H2,1-3H3,(H,28,33)/t19-/m0/s1. The van der Waals surface area contributed by atoms with Gasteiger partial charge < -0.3 is 15.0 Å². The van der Waals surface area contributed by atoms with Gasteiger partial charge in [-0.15, -0.1) is 0 Å². The maximum absolute atomic E-state index is 13.4. The van der Waals surface area contributed by atoms with Gasteiger partial charge in [-0.1, -0.05) is 18.2 Å². The van der Waals surface area contributed by atoms with Crippen molar-refractivity contribution < 1.29 is 14.3 Å². The van der Waals surface area contributed by atoms with Gasteiger partial charge in [-0.3, -0.25) is 14.6 Å². The van der Waals surface area contributed by atoms with E-state index in [9.17, 15) is 9.59 Å². The molecule has 35 heavy (non-hydrogen) atoms. The van der Waals surface area contributed by atoms with Crippen molar-refractivity contribution in [1.29, 1.82) is 0 Å². The van der Waals surface area contributed by atoms with Crippen molar-refractivity contribution in [2.45, 2.75) is 32.6 Å². The smallest absolute Gasteiger partial charge is 0.269 e. The molecule has 8 nitrogen and oxygen atoms in total. The predicted molar refractivity (Wildman–Crippen MR) is 133 cm³/mol. The van der Waals surface area contributed by atoms with E-state index in [2.05, 4.69) is 20.3 Å². The maximum atomic E-state index is 13.4. The lowest BCUT2D eigenvalue weighted by atomic mass is 9.92. The summed E-state index contributed by atoms with van der Waals surface area (Å²) < 4.78 is 5.45. The third-order valence-electron chi connectivity index (χ3n) is 6.28. The number of para-hydroxylation sites is 1. The normalized spacial score (nSPS) is 15.5. The Labute approximate surface area is 205 Å². The van der Waals surface area contributed by atoms with Gasteiger partial charge in [0.2, 0.25) is 0 Å². The number of ether oxygens (including phenoxy) is 1. The zero-order valence-corrected chi connectivity index (χ0v) is 20.5. The number of likely N-dealkylation sites (tertiary alicyclic amines) is 1. The van der Waals surface area contributed by atoms with E-state index in [4.69, 9.17) is 4.74 Å². The number of benzene rings is 1. The molecule has 2 aromatic heterocycles. The van der Waals surface area contributed by atoms with Gasteiger partial charge in [0.05, 0.1) is 7.11 Å². The number of carbonyl (C=O) groups is 2. The molecule has 3 heterocycles. The van der Waals surface area contributed by atoms with Crippen LogP contribution < -0.4 is 10.1 Å². The van der Waals surface area contributed by atoms with Gasteiger partial charge in [0, 0.05) is 55.3 Å². The SMILES string of the molecule is CNC(=O)c1cc(C[C@@H]2CCCN(C(=O)c3ccnc(Cc4ccccc4OC)c3)C2)nc(C)n1. The Bertz CT molecular complexity index is 1210. The van der Waals surface area contributed by atoms with E-state index < -0.39 is 0 Å². The first-order chi connectivity index (χ1) is 17.0. The Morgan fingerprint density at radius 3 is 2.77 bits per heavy atom. The number of piperidine rings is 1. The summed E-state index contributed by atoms with van der Waals surface area (Å²) in [6.07, 6.45) is 4.93. The van der Waals surface area contributed by atoms with Crippen molar-refractivity contribution in [2.75, 3.05) is 27.2 Å².